The van der Waals surface area contributed by atoms with Crippen LogP contribution in [-0.2, 0) is 4.74 Å². The van der Waals surface area contributed by atoms with E-state index in [0.29, 0.717) is 11.7 Å². The van der Waals surface area contributed by atoms with Crippen LogP contribution in [-0.4, -0.2) is 24.4 Å². The number of halogens is 2. The highest BCUT2D eigenvalue weighted by atomic mass is 32.1. The number of thiocarbonyl (C=S) groups is 1. The predicted octanol–water partition coefficient (Wildman–Crippen LogP) is 3.60. The number of hydrogen-bond acceptors (Lipinski definition) is 2. The molecule has 1 aromatic carbocycles. The summed E-state index contributed by atoms with van der Waals surface area (Å²) in [7, 11) is 1.67. The minimum absolute atomic E-state index is 0.0867. The summed E-state index contributed by atoms with van der Waals surface area (Å²) in [6, 6.07) is 3.38. The van der Waals surface area contributed by atoms with Gasteiger partial charge in [0.2, 0.25) is 0 Å². The van der Waals surface area contributed by atoms with Crippen LogP contribution >= 0.6 is 12.2 Å². The molecule has 0 bridgehead atoms. The molecule has 116 valence electrons. The third-order valence-corrected chi connectivity index (χ3v) is 4.11. The van der Waals surface area contributed by atoms with Gasteiger partial charge in [0, 0.05) is 25.3 Å². The lowest BCUT2D eigenvalue weighted by atomic mass is 9.94. The van der Waals surface area contributed by atoms with Gasteiger partial charge in [0.05, 0.1) is 5.69 Å². The lowest BCUT2D eigenvalue weighted by Gasteiger charge is -2.31. The van der Waals surface area contributed by atoms with Crippen LogP contribution < -0.4 is 10.6 Å². The van der Waals surface area contributed by atoms with Crippen molar-refractivity contribution >= 4 is 23.0 Å². The second kappa shape index (κ2) is 7.13. The van der Waals surface area contributed by atoms with E-state index in [-0.39, 0.29) is 11.2 Å². The van der Waals surface area contributed by atoms with Gasteiger partial charge in [0.25, 0.3) is 0 Å². The third kappa shape index (κ3) is 4.35. The molecule has 1 aliphatic carbocycles. The summed E-state index contributed by atoms with van der Waals surface area (Å²) in [5.41, 5.74) is 0.0881. The normalized spacial score (nSPS) is 16.7. The van der Waals surface area contributed by atoms with Gasteiger partial charge >= 0.3 is 0 Å². The van der Waals surface area contributed by atoms with Crippen LogP contribution in [0.25, 0.3) is 0 Å². The molecule has 0 radical (unpaired) electrons. The summed E-state index contributed by atoms with van der Waals surface area (Å²) in [4.78, 5) is 0. The molecule has 0 aromatic heterocycles. The molecule has 0 saturated heterocycles. The number of benzene rings is 1. The van der Waals surface area contributed by atoms with Crippen LogP contribution in [0.4, 0.5) is 14.5 Å². The average Bonchev–Trinajstić information content (AvgIpc) is 2.88. The van der Waals surface area contributed by atoms with Gasteiger partial charge < -0.3 is 15.4 Å². The lowest BCUT2D eigenvalue weighted by molar-refractivity contribution is 0.163. The molecule has 1 fully saturated rings. The van der Waals surface area contributed by atoms with E-state index >= 15 is 0 Å². The first kappa shape index (κ1) is 16.1. The van der Waals surface area contributed by atoms with Gasteiger partial charge in [-0.3, -0.25) is 0 Å². The standard InChI is InChI=1S/C15H20F2N2OS/c1-20-9-8-15(6-2-3-7-15)19-14(21)18-13-5-4-11(16)10-12(13)17/h4-5,10H,2-3,6-9H2,1H3,(H2,18,19,21). The molecule has 21 heavy (non-hydrogen) atoms. The van der Waals surface area contributed by atoms with Crippen molar-refractivity contribution in [3.8, 4) is 0 Å². The van der Waals surface area contributed by atoms with Crippen molar-refractivity contribution in [2.75, 3.05) is 19.0 Å². The zero-order chi connectivity index (χ0) is 15.3. The molecule has 1 aliphatic rings. The summed E-state index contributed by atoms with van der Waals surface area (Å²) in [5, 5.41) is 6.46. The fourth-order valence-corrected chi connectivity index (χ4v) is 3.10. The van der Waals surface area contributed by atoms with Gasteiger partial charge in [0.1, 0.15) is 11.6 Å². The number of methoxy groups -OCH3 is 1. The van der Waals surface area contributed by atoms with Crippen LogP contribution in [0.2, 0.25) is 0 Å². The van der Waals surface area contributed by atoms with E-state index in [1.54, 1.807) is 7.11 Å². The van der Waals surface area contributed by atoms with E-state index < -0.39 is 11.6 Å². The summed E-state index contributed by atoms with van der Waals surface area (Å²) in [6.07, 6.45) is 5.18. The van der Waals surface area contributed by atoms with E-state index in [2.05, 4.69) is 10.6 Å². The Morgan fingerprint density at radius 2 is 2.05 bits per heavy atom. The van der Waals surface area contributed by atoms with Gasteiger partial charge in [-0.2, -0.15) is 0 Å². The molecule has 2 rings (SSSR count). The Morgan fingerprint density at radius 1 is 1.33 bits per heavy atom. The fourth-order valence-electron chi connectivity index (χ4n) is 2.77. The molecule has 0 atom stereocenters. The second-order valence-corrected chi connectivity index (χ2v) is 5.84. The molecule has 0 unspecified atom stereocenters. The largest absolute Gasteiger partial charge is 0.385 e. The van der Waals surface area contributed by atoms with Gasteiger partial charge in [0.15, 0.2) is 5.11 Å². The maximum atomic E-state index is 13.6. The van der Waals surface area contributed by atoms with Crippen LogP contribution in [0, 0.1) is 11.6 Å². The van der Waals surface area contributed by atoms with Gasteiger partial charge in [-0.25, -0.2) is 8.78 Å². The Hall–Kier alpha value is -1.27. The number of hydrogen-bond donors (Lipinski definition) is 2. The van der Waals surface area contributed by atoms with Crippen molar-refractivity contribution in [2.45, 2.75) is 37.6 Å². The molecule has 1 aromatic rings. The van der Waals surface area contributed by atoms with E-state index in [1.165, 1.54) is 12.1 Å². The highest BCUT2D eigenvalue weighted by Gasteiger charge is 2.34. The summed E-state index contributed by atoms with van der Waals surface area (Å²) in [6.45, 7) is 0.653. The highest BCUT2D eigenvalue weighted by Crippen LogP contribution is 2.32. The fraction of sp³-hybridized carbons (Fsp3) is 0.533. The van der Waals surface area contributed by atoms with Gasteiger partial charge in [-0.15, -0.1) is 0 Å². The van der Waals surface area contributed by atoms with Crippen molar-refractivity contribution in [3.63, 3.8) is 0 Å². The summed E-state index contributed by atoms with van der Waals surface area (Å²) >= 11 is 5.26. The third-order valence-electron chi connectivity index (χ3n) is 3.90. The van der Waals surface area contributed by atoms with Crippen molar-refractivity contribution in [1.29, 1.82) is 0 Å². The van der Waals surface area contributed by atoms with Gasteiger partial charge in [-0.05, 0) is 43.6 Å². The van der Waals surface area contributed by atoms with E-state index in [9.17, 15) is 8.78 Å². The lowest BCUT2D eigenvalue weighted by Crippen LogP contribution is -2.48. The van der Waals surface area contributed by atoms with Gasteiger partial charge in [-0.1, -0.05) is 12.8 Å². The minimum Gasteiger partial charge on any atom is -0.385 e. The first-order valence-electron chi connectivity index (χ1n) is 7.08. The van der Waals surface area contributed by atoms with Crippen LogP contribution in [0.3, 0.4) is 0 Å². The van der Waals surface area contributed by atoms with E-state index in [1.807, 2.05) is 0 Å². The van der Waals surface area contributed by atoms with Crippen molar-refractivity contribution in [3.05, 3.63) is 29.8 Å². The Morgan fingerprint density at radius 3 is 2.67 bits per heavy atom. The highest BCUT2D eigenvalue weighted by molar-refractivity contribution is 7.80. The Balaban J connectivity index is 1.99. The molecule has 0 heterocycles. The predicted molar refractivity (Wildman–Crippen MR) is 83.4 cm³/mol. The first-order valence-corrected chi connectivity index (χ1v) is 7.49. The molecule has 0 spiro atoms. The number of anilines is 1. The molecule has 2 N–H and O–H groups in total. The molecule has 1 saturated carbocycles. The maximum absolute atomic E-state index is 13.6. The number of nitrogens with one attached hydrogen (secondary N) is 2. The summed E-state index contributed by atoms with van der Waals surface area (Å²) in [5.74, 6) is -1.26. The van der Waals surface area contributed by atoms with Crippen LogP contribution in [0.5, 0.6) is 0 Å². The smallest absolute Gasteiger partial charge is 0.171 e. The van der Waals surface area contributed by atoms with Crippen molar-refractivity contribution in [1.82, 2.24) is 5.32 Å². The molecule has 6 heteroatoms. The van der Waals surface area contributed by atoms with Crippen molar-refractivity contribution < 1.29 is 13.5 Å². The second-order valence-electron chi connectivity index (χ2n) is 5.43. The topological polar surface area (TPSA) is 33.3 Å². The first-order chi connectivity index (χ1) is 10.0. The zero-order valence-electron chi connectivity index (χ0n) is 12.0. The maximum Gasteiger partial charge on any atom is 0.171 e. The van der Waals surface area contributed by atoms with Crippen molar-refractivity contribution in [2.24, 2.45) is 0 Å². The monoisotopic (exact) mass is 314 g/mol. The number of ether oxygens (including phenoxy) is 1. The molecule has 0 aliphatic heterocycles. The molecular weight excluding hydrogens is 294 g/mol. The molecule has 0 amide bonds. The number of rotatable bonds is 5. The Bertz CT molecular complexity index is 504. The average molecular weight is 314 g/mol. The Labute approximate surface area is 129 Å². The SMILES string of the molecule is COCCC1(NC(=S)Nc2ccc(F)cc2F)CCCC1. The quantitative estimate of drug-likeness (QED) is 0.814. The van der Waals surface area contributed by atoms with Crippen LogP contribution in [0.1, 0.15) is 32.1 Å². The zero-order valence-corrected chi connectivity index (χ0v) is 12.9. The van der Waals surface area contributed by atoms with E-state index in [4.69, 9.17) is 17.0 Å². The minimum atomic E-state index is -0.656. The molecular formula is C15H20F2N2OS. The Kier molecular flexibility index (Phi) is 5.47. The van der Waals surface area contributed by atoms with E-state index in [0.717, 1.165) is 38.2 Å². The van der Waals surface area contributed by atoms with Crippen LogP contribution in [0.15, 0.2) is 18.2 Å². The molecule has 3 nitrogen and oxygen atoms in total. The summed E-state index contributed by atoms with van der Waals surface area (Å²) < 4.78 is 31.7.